The van der Waals surface area contributed by atoms with Crippen LogP contribution < -0.4 is 0 Å². The minimum Gasteiger partial charge on any atom is -0.466 e. The van der Waals surface area contributed by atoms with Crippen LogP contribution in [0, 0.1) is 0 Å². The normalized spacial score (nSPS) is 13.8. The molecule has 0 aliphatic carbocycles. The highest BCUT2D eigenvalue weighted by Gasteiger charge is 2.16. The van der Waals surface area contributed by atoms with Gasteiger partial charge in [-0.25, -0.2) is 4.79 Å². The Morgan fingerprint density at radius 2 is 2.15 bits per heavy atom. The summed E-state index contributed by atoms with van der Waals surface area (Å²) in [4.78, 5) is 25.2. The number of rotatable bonds is 6. The summed E-state index contributed by atoms with van der Waals surface area (Å²) < 4.78 is 4.52. The average Bonchev–Trinajstić information content (AvgIpc) is 2.83. The van der Waals surface area contributed by atoms with Crippen molar-refractivity contribution in [3.05, 3.63) is 24.9 Å². The summed E-state index contributed by atoms with van der Waals surface area (Å²) in [6, 6.07) is 0. The SMILES string of the molecule is C=C(CCCN(C)C)C(=O)OC.C=CN1CCCC1=O. The maximum absolute atomic E-state index is 10.9. The quantitative estimate of drug-likeness (QED) is 0.551. The highest BCUT2D eigenvalue weighted by molar-refractivity contribution is 5.87. The van der Waals surface area contributed by atoms with E-state index in [-0.39, 0.29) is 11.9 Å². The molecule has 114 valence electrons. The van der Waals surface area contributed by atoms with Gasteiger partial charge >= 0.3 is 5.97 Å². The molecule has 1 saturated heterocycles. The molecule has 1 amide bonds. The van der Waals surface area contributed by atoms with Gasteiger partial charge in [0.25, 0.3) is 0 Å². The Labute approximate surface area is 121 Å². The molecule has 1 aliphatic heterocycles. The third-order valence-corrected chi connectivity index (χ3v) is 2.89. The molecule has 5 nitrogen and oxygen atoms in total. The topological polar surface area (TPSA) is 49.9 Å². The number of esters is 1. The van der Waals surface area contributed by atoms with Crippen LogP contribution in [0.3, 0.4) is 0 Å². The summed E-state index contributed by atoms with van der Waals surface area (Å²) in [5, 5.41) is 0. The first kappa shape index (κ1) is 18.4. The molecule has 0 radical (unpaired) electrons. The first-order valence-electron chi connectivity index (χ1n) is 6.75. The number of nitrogens with zero attached hydrogens (tertiary/aromatic N) is 2. The van der Waals surface area contributed by atoms with E-state index < -0.39 is 0 Å². The number of ether oxygens (including phenoxy) is 1. The first-order valence-corrected chi connectivity index (χ1v) is 6.75. The fourth-order valence-electron chi connectivity index (χ4n) is 1.72. The summed E-state index contributed by atoms with van der Waals surface area (Å²) in [6.45, 7) is 8.96. The Kier molecular flexibility index (Phi) is 9.38. The molecule has 20 heavy (non-hydrogen) atoms. The number of hydrogen-bond acceptors (Lipinski definition) is 4. The number of methoxy groups -OCH3 is 1. The van der Waals surface area contributed by atoms with Gasteiger partial charge in [0.15, 0.2) is 0 Å². The smallest absolute Gasteiger partial charge is 0.333 e. The van der Waals surface area contributed by atoms with Gasteiger partial charge in [-0.05, 0) is 46.1 Å². The molecule has 0 atom stereocenters. The van der Waals surface area contributed by atoms with E-state index in [1.54, 1.807) is 11.1 Å². The van der Waals surface area contributed by atoms with Gasteiger partial charge in [-0.15, -0.1) is 0 Å². The summed E-state index contributed by atoms with van der Waals surface area (Å²) in [5.41, 5.74) is 0.555. The first-order chi connectivity index (χ1) is 9.42. The fourth-order valence-corrected chi connectivity index (χ4v) is 1.72. The van der Waals surface area contributed by atoms with Gasteiger partial charge in [0.05, 0.1) is 7.11 Å². The largest absolute Gasteiger partial charge is 0.466 e. The molecule has 0 aromatic heterocycles. The molecule has 0 unspecified atom stereocenters. The molecular formula is C15H26N2O3. The van der Waals surface area contributed by atoms with Crippen LogP contribution in [0.15, 0.2) is 24.9 Å². The van der Waals surface area contributed by atoms with Gasteiger partial charge in [0, 0.05) is 18.5 Å². The van der Waals surface area contributed by atoms with E-state index >= 15 is 0 Å². The minimum atomic E-state index is -0.297. The van der Waals surface area contributed by atoms with E-state index in [4.69, 9.17) is 0 Å². The molecule has 1 aliphatic rings. The molecule has 1 heterocycles. The minimum absolute atomic E-state index is 0.208. The van der Waals surface area contributed by atoms with Crippen molar-refractivity contribution in [3.63, 3.8) is 0 Å². The number of hydrogen-bond donors (Lipinski definition) is 0. The number of amides is 1. The summed E-state index contributed by atoms with van der Waals surface area (Å²) in [5.74, 6) is -0.0891. The Morgan fingerprint density at radius 3 is 2.50 bits per heavy atom. The molecule has 0 N–H and O–H groups in total. The molecule has 0 bridgehead atoms. The molecular weight excluding hydrogens is 256 g/mol. The lowest BCUT2D eigenvalue weighted by Crippen LogP contribution is -2.16. The van der Waals surface area contributed by atoms with Crippen LogP contribution in [0.25, 0.3) is 0 Å². The Morgan fingerprint density at radius 1 is 1.50 bits per heavy atom. The van der Waals surface area contributed by atoms with Crippen molar-refractivity contribution >= 4 is 11.9 Å². The van der Waals surface area contributed by atoms with Crippen LogP contribution in [0.2, 0.25) is 0 Å². The van der Waals surface area contributed by atoms with Crippen LogP contribution in [-0.2, 0) is 14.3 Å². The Balaban J connectivity index is 0.000000388. The van der Waals surface area contributed by atoms with Crippen LogP contribution in [-0.4, -0.2) is 56.0 Å². The lowest BCUT2D eigenvalue weighted by atomic mass is 10.1. The second-order valence-electron chi connectivity index (χ2n) is 4.88. The molecule has 0 spiro atoms. The summed E-state index contributed by atoms with van der Waals surface area (Å²) in [7, 11) is 5.38. The maximum Gasteiger partial charge on any atom is 0.333 e. The molecule has 1 rings (SSSR count). The van der Waals surface area contributed by atoms with E-state index in [2.05, 4.69) is 22.8 Å². The summed E-state index contributed by atoms with van der Waals surface area (Å²) in [6.07, 6.45) is 4.94. The van der Waals surface area contributed by atoms with Crippen molar-refractivity contribution in [1.82, 2.24) is 9.80 Å². The second kappa shape index (κ2) is 10.2. The van der Waals surface area contributed by atoms with Gasteiger partial charge in [0.2, 0.25) is 5.91 Å². The number of carbonyl (C=O) groups excluding carboxylic acids is 2. The zero-order valence-corrected chi connectivity index (χ0v) is 12.9. The molecule has 1 fully saturated rings. The van der Waals surface area contributed by atoms with E-state index in [0.29, 0.717) is 18.4 Å². The second-order valence-corrected chi connectivity index (χ2v) is 4.88. The van der Waals surface area contributed by atoms with Crippen LogP contribution in [0.5, 0.6) is 0 Å². The standard InChI is InChI=1S/C9H17NO2.C6H9NO/c1-8(9(11)12-4)6-5-7-10(2)3;1-2-7-5-3-4-6(7)8/h1,5-7H2,2-4H3;2H,1,3-5H2. The third kappa shape index (κ3) is 7.74. The van der Waals surface area contributed by atoms with Crippen molar-refractivity contribution in [2.24, 2.45) is 0 Å². The lowest BCUT2D eigenvalue weighted by molar-refractivity contribution is -0.136. The summed E-state index contributed by atoms with van der Waals surface area (Å²) >= 11 is 0. The van der Waals surface area contributed by atoms with Crippen molar-refractivity contribution in [2.75, 3.05) is 34.3 Å². The van der Waals surface area contributed by atoms with E-state index in [1.165, 1.54) is 7.11 Å². The van der Waals surface area contributed by atoms with Gasteiger partial charge in [-0.2, -0.15) is 0 Å². The Hall–Kier alpha value is -1.62. The van der Waals surface area contributed by atoms with Crippen molar-refractivity contribution in [3.8, 4) is 0 Å². The molecule has 5 heteroatoms. The molecule has 0 saturated carbocycles. The Bertz CT molecular complexity index is 351. The highest BCUT2D eigenvalue weighted by Crippen LogP contribution is 2.08. The van der Waals surface area contributed by atoms with E-state index in [0.717, 1.165) is 25.9 Å². The lowest BCUT2D eigenvalue weighted by Gasteiger charge is -2.08. The van der Waals surface area contributed by atoms with Gasteiger partial charge < -0.3 is 14.5 Å². The van der Waals surface area contributed by atoms with Crippen molar-refractivity contribution in [1.29, 1.82) is 0 Å². The van der Waals surface area contributed by atoms with Gasteiger partial charge in [-0.1, -0.05) is 13.2 Å². The maximum atomic E-state index is 10.9. The molecule has 0 aromatic carbocycles. The monoisotopic (exact) mass is 282 g/mol. The third-order valence-electron chi connectivity index (χ3n) is 2.89. The highest BCUT2D eigenvalue weighted by atomic mass is 16.5. The van der Waals surface area contributed by atoms with Crippen molar-refractivity contribution in [2.45, 2.75) is 25.7 Å². The predicted octanol–water partition coefficient (Wildman–Crippen LogP) is 1.81. The van der Waals surface area contributed by atoms with Crippen LogP contribution >= 0.6 is 0 Å². The van der Waals surface area contributed by atoms with Crippen LogP contribution in [0.1, 0.15) is 25.7 Å². The zero-order valence-electron chi connectivity index (χ0n) is 12.9. The van der Waals surface area contributed by atoms with E-state index in [9.17, 15) is 9.59 Å². The average molecular weight is 282 g/mol. The zero-order chi connectivity index (χ0) is 15.5. The van der Waals surface area contributed by atoms with Crippen LogP contribution in [0.4, 0.5) is 0 Å². The number of carbonyl (C=O) groups is 2. The predicted molar refractivity (Wildman–Crippen MR) is 80.1 cm³/mol. The van der Waals surface area contributed by atoms with Gasteiger partial charge in [0.1, 0.15) is 0 Å². The molecule has 0 aromatic rings. The fraction of sp³-hybridized carbons (Fsp3) is 0.600. The van der Waals surface area contributed by atoms with Gasteiger partial charge in [-0.3, -0.25) is 4.79 Å². The number of likely N-dealkylation sites (tertiary alicyclic amines) is 1. The van der Waals surface area contributed by atoms with Crippen molar-refractivity contribution < 1.29 is 14.3 Å². The van der Waals surface area contributed by atoms with E-state index in [1.807, 2.05) is 14.1 Å².